The van der Waals surface area contributed by atoms with Crippen LogP contribution in [0.1, 0.15) is 87.6 Å². The van der Waals surface area contributed by atoms with E-state index in [2.05, 4.69) is 141 Å². The smallest absolute Gasteiger partial charge is 0.227 e. The summed E-state index contributed by atoms with van der Waals surface area (Å²) in [5.74, 6) is 0.807. The fraction of sp³-hybridized carbons (Fsp3) is 0.356. The maximum Gasteiger partial charge on any atom is 0.227 e. The van der Waals surface area contributed by atoms with Crippen molar-refractivity contribution < 1.29 is 13.6 Å². The standard InChI is InChI=1S/C45H51N3OSi/c1-28(2)37-25-39-33-14-11-10-13-32(33)34-18-16-31-17-19-35-36-15-12-21-46-44(36)49-43(35)42(31)40-24-30(26-45(4,5)6)20-22-47(40)29(3)23-38(34)48(39)27-41(37)50(7,8)9/h10-15,17,19-22,24-25,27-28,34,38H,3,16,18,23,26H2,1-2,4-9H3/q+2. The third-order valence-corrected chi connectivity index (χ3v) is 13.1. The van der Waals surface area contributed by atoms with Crippen LogP contribution in [0.4, 0.5) is 0 Å². The van der Waals surface area contributed by atoms with Crippen LogP contribution in [0.3, 0.4) is 0 Å². The molecule has 0 bridgehead atoms. The lowest BCUT2D eigenvalue weighted by Gasteiger charge is -2.33. The van der Waals surface area contributed by atoms with Gasteiger partial charge >= 0.3 is 0 Å². The van der Waals surface area contributed by atoms with Crippen LogP contribution in [0.5, 0.6) is 0 Å². The molecule has 2 aliphatic rings. The van der Waals surface area contributed by atoms with E-state index in [1.807, 2.05) is 12.3 Å². The van der Waals surface area contributed by atoms with E-state index in [9.17, 15) is 0 Å². The maximum absolute atomic E-state index is 6.68. The summed E-state index contributed by atoms with van der Waals surface area (Å²) in [6.07, 6.45) is 10.5. The van der Waals surface area contributed by atoms with Crippen molar-refractivity contribution in [1.82, 2.24) is 4.98 Å². The molecule has 0 saturated heterocycles. The Bertz CT molecular complexity index is 2320. The first-order chi connectivity index (χ1) is 23.8. The molecule has 5 heteroatoms. The summed E-state index contributed by atoms with van der Waals surface area (Å²) < 4.78 is 11.7. The van der Waals surface area contributed by atoms with Crippen LogP contribution in [0.15, 0.2) is 96.3 Å². The van der Waals surface area contributed by atoms with E-state index < -0.39 is 8.07 Å². The molecule has 0 spiro atoms. The number of hydrogen-bond acceptors (Lipinski definition) is 2. The van der Waals surface area contributed by atoms with E-state index in [0.29, 0.717) is 17.5 Å². The van der Waals surface area contributed by atoms with Crippen LogP contribution in [0, 0.1) is 5.41 Å². The van der Waals surface area contributed by atoms with Gasteiger partial charge in [0.25, 0.3) is 0 Å². The summed E-state index contributed by atoms with van der Waals surface area (Å²) in [4.78, 5) is 4.63. The van der Waals surface area contributed by atoms with Crippen molar-refractivity contribution in [3.05, 3.63) is 114 Å². The van der Waals surface area contributed by atoms with Crippen LogP contribution in [0.25, 0.3) is 50.3 Å². The fourth-order valence-electron chi connectivity index (χ4n) is 8.81. The van der Waals surface area contributed by atoms with Crippen LogP contribution >= 0.6 is 0 Å². The second kappa shape index (κ2) is 11.9. The molecule has 2 aliphatic heterocycles. The number of allylic oxidation sites excluding steroid dienone is 1. The number of rotatable bonds is 3. The van der Waals surface area contributed by atoms with E-state index in [0.717, 1.165) is 53.4 Å². The first-order valence-electron chi connectivity index (χ1n) is 18.5. The van der Waals surface area contributed by atoms with Crippen LogP contribution < -0.4 is 14.3 Å². The number of benzene rings is 2. The van der Waals surface area contributed by atoms with Gasteiger partial charge < -0.3 is 4.42 Å². The predicted molar refractivity (Wildman–Crippen MR) is 209 cm³/mol. The molecule has 0 saturated carbocycles. The highest BCUT2D eigenvalue weighted by molar-refractivity contribution is 6.89. The van der Waals surface area contributed by atoms with Gasteiger partial charge in [0.1, 0.15) is 0 Å². The number of aromatic nitrogens is 3. The molecule has 0 N–H and O–H groups in total. The first kappa shape index (κ1) is 32.8. The lowest BCUT2D eigenvalue weighted by molar-refractivity contribution is -0.719. The monoisotopic (exact) mass is 677 g/mol. The van der Waals surface area contributed by atoms with Gasteiger partial charge in [-0.05, 0) is 77.6 Å². The number of nitrogens with zero attached hydrogens (tertiary/aromatic N) is 3. The summed E-state index contributed by atoms with van der Waals surface area (Å²) >= 11 is 0. The number of aryl methyl sites for hydroxylation is 1. The van der Waals surface area contributed by atoms with Gasteiger partial charge in [0.05, 0.1) is 20.1 Å². The van der Waals surface area contributed by atoms with Gasteiger partial charge in [-0.1, -0.05) is 84.6 Å². The molecule has 2 atom stereocenters. The highest BCUT2D eigenvalue weighted by Gasteiger charge is 2.44. The molecule has 0 amide bonds. The van der Waals surface area contributed by atoms with Gasteiger partial charge in [0.2, 0.25) is 17.1 Å². The third-order valence-electron chi connectivity index (χ3n) is 11.1. The van der Waals surface area contributed by atoms with Crippen LogP contribution in [-0.2, 0) is 12.8 Å². The number of furan rings is 1. The zero-order valence-corrected chi connectivity index (χ0v) is 32.1. The second-order valence-electron chi connectivity index (χ2n) is 17.4. The van der Waals surface area contributed by atoms with Gasteiger partial charge in [-0.2, -0.15) is 9.13 Å². The van der Waals surface area contributed by atoms with E-state index in [4.69, 9.17) is 11.0 Å². The molecule has 254 valence electrons. The summed E-state index contributed by atoms with van der Waals surface area (Å²) in [5.41, 5.74) is 13.6. The average Bonchev–Trinajstić information content (AvgIpc) is 3.44. The molecule has 0 aliphatic carbocycles. The molecule has 0 fully saturated rings. The largest absolute Gasteiger partial charge is 0.437 e. The lowest BCUT2D eigenvalue weighted by Crippen LogP contribution is -2.54. The highest BCUT2D eigenvalue weighted by atomic mass is 28.3. The van der Waals surface area contributed by atoms with E-state index in [-0.39, 0.29) is 11.5 Å². The molecule has 6 aromatic rings. The quantitative estimate of drug-likeness (QED) is 0.138. The molecule has 0 radical (unpaired) electrons. The van der Waals surface area contributed by atoms with E-state index in [1.54, 1.807) is 5.19 Å². The Morgan fingerprint density at radius 1 is 0.960 bits per heavy atom. The molecule has 2 aromatic carbocycles. The summed E-state index contributed by atoms with van der Waals surface area (Å²) in [6.45, 7) is 24.0. The Balaban J connectivity index is 1.38. The molecule has 50 heavy (non-hydrogen) atoms. The summed E-state index contributed by atoms with van der Waals surface area (Å²) in [7, 11) is -1.64. The topological polar surface area (TPSA) is 33.8 Å². The molecular formula is C45H51N3OSi+2. The van der Waals surface area contributed by atoms with Gasteiger partial charge in [-0.15, -0.1) is 0 Å². The SMILES string of the molecule is C=C1CC2C(CCc3ccc4c(oc5ncccc54)c3-c3cc(CC(C)(C)C)cc[n+]31)c1ccccc1-c1cc(C(C)C)c([Si](C)(C)C)c[n+]12. The van der Waals surface area contributed by atoms with Crippen LogP contribution in [-0.4, -0.2) is 13.1 Å². The van der Waals surface area contributed by atoms with Crippen molar-refractivity contribution in [1.29, 1.82) is 0 Å². The number of fused-ring (bicyclic) bond motifs is 13. The van der Waals surface area contributed by atoms with Gasteiger partial charge in [-0.25, -0.2) is 4.98 Å². The Morgan fingerprint density at radius 3 is 2.52 bits per heavy atom. The van der Waals surface area contributed by atoms with Crippen molar-refractivity contribution in [2.45, 2.75) is 97.8 Å². The van der Waals surface area contributed by atoms with E-state index >= 15 is 0 Å². The minimum Gasteiger partial charge on any atom is -0.437 e. The Kier molecular flexibility index (Phi) is 7.79. The Morgan fingerprint density at radius 2 is 1.76 bits per heavy atom. The van der Waals surface area contributed by atoms with Crippen molar-refractivity contribution in [2.75, 3.05) is 0 Å². The molecule has 4 aromatic heterocycles. The van der Waals surface area contributed by atoms with Gasteiger partial charge in [0.15, 0.2) is 29.7 Å². The van der Waals surface area contributed by atoms with Crippen molar-refractivity contribution in [3.63, 3.8) is 0 Å². The van der Waals surface area contributed by atoms with Gasteiger partial charge in [-0.3, -0.25) is 0 Å². The average molecular weight is 678 g/mol. The molecular weight excluding hydrogens is 627 g/mol. The zero-order chi connectivity index (χ0) is 35.1. The minimum atomic E-state index is -1.64. The Hall–Kier alpha value is -4.35. The van der Waals surface area contributed by atoms with Crippen molar-refractivity contribution in [3.8, 4) is 22.5 Å². The van der Waals surface area contributed by atoms with Crippen molar-refractivity contribution in [2.24, 2.45) is 5.41 Å². The zero-order valence-electron chi connectivity index (χ0n) is 31.1. The maximum atomic E-state index is 6.68. The fourth-order valence-corrected chi connectivity index (χ4v) is 10.6. The number of pyridine rings is 3. The summed E-state index contributed by atoms with van der Waals surface area (Å²) in [6, 6.07) is 25.4. The van der Waals surface area contributed by atoms with Crippen LogP contribution in [0.2, 0.25) is 19.6 Å². The normalized spacial score (nSPS) is 17.7. The molecule has 8 rings (SSSR count). The first-order valence-corrected chi connectivity index (χ1v) is 22.0. The third kappa shape index (κ3) is 5.55. The highest BCUT2D eigenvalue weighted by Crippen LogP contribution is 2.46. The van der Waals surface area contributed by atoms with E-state index in [1.165, 1.54) is 39.1 Å². The Labute approximate surface area is 298 Å². The molecule has 4 nitrogen and oxygen atoms in total. The predicted octanol–water partition coefficient (Wildman–Crippen LogP) is 10.3. The second-order valence-corrected chi connectivity index (χ2v) is 22.4. The van der Waals surface area contributed by atoms with Gasteiger partial charge in [0, 0.05) is 51.8 Å². The lowest BCUT2D eigenvalue weighted by atomic mass is 9.77. The molecule has 2 unspecified atom stereocenters. The minimum absolute atomic E-state index is 0.163. The number of hydrogen-bond donors (Lipinski definition) is 0. The summed E-state index contributed by atoms with van der Waals surface area (Å²) in [5, 5.41) is 3.75. The molecule has 6 heterocycles. The van der Waals surface area contributed by atoms with Crippen molar-refractivity contribution >= 4 is 41.0 Å².